The van der Waals surface area contributed by atoms with E-state index in [1.807, 2.05) is 6.07 Å². The van der Waals surface area contributed by atoms with E-state index in [4.69, 9.17) is 16.9 Å². The Morgan fingerprint density at radius 1 is 1.24 bits per heavy atom. The number of likely N-dealkylation sites (tertiary alicyclic amines) is 1. The van der Waals surface area contributed by atoms with Crippen molar-refractivity contribution in [3.63, 3.8) is 0 Å². The minimum atomic E-state index is -1.24. The first-order chi connectivity index (χ1) is 10.1. The summed E-state index contributed by atoms with van der Waals surface area (Å²) < 4.78 is 0. The summed E-state index contributed by atoms with van der Waals surface area (Å²) in [6.07, 6.45) is 4.72. The largest absolute Gasteiger partial charge is 0.341 e. The maximum atomic E-state index is 12.1. The van der Waals surface area contributed by atoms with Gasteiger partial charge in [0.2, 0.25) is 5.91 Å². The van der Waals surface area contributed by atoms with E-state index in [2.05, 4.69) is 0 Å². The van der Waals surface area contributed by atoms with Gasteiger partial charge in [-0.25, -0.2) is 0 Å². The van der Waals surface area contributed by atoms with Gasteiger partial charge in [-0.2, -0.15) is 5.26 Å². The Morgan fingerprint density at radius 2 is 1.86 bits per heavy atom. The molecule has 0 aliphatic carbocycles. The van der Waals surface area contributed by atoms with Crippen molar-refractivity contribution in [2.75, 3.05) is 13.1 Å². The molecule has 5 heteroatoms. The summed E-state index contributed by atoms with van der Waals surface area (Å²) in [6, 6.07) is 8.75. The fourth-order valence-electron chi connectivity index (χ4n) is 2.21. The third-order valence-electron chi connectivity index (χ3n) is 3.39. The number of nitrogens with zero attached hydrogens (tertiary/aromatic N) is 2. The Kier molecular flexibility index (Phi) is 5.13. The maximum absolute atomic E-state index is 12.1. The second-order valence-electron chi connectivity index (χ2n) is 4.88. The van der Waals surface area contributed by atoms with E-state index >= 15 is 0 Å². The van der Waals surface area contributed by atoms with Gasteiger partial charge in [0, 0.05) is 18.1 Å². The van der Waals surface area contributed by atoms with Crippen molar-refractivity contribution in [1.29, 1.82) is 5.26 Å². The zero-order valence-electron chi connectivity index (χ0n) is 11.5. The first-order valence-electron chi connectivity index (χ1n) is 6.77. The Labute approximate surface area is 128 Å². The van der Waals surface area contributed by atoms with Crippen LogP contribution in [0.25, 0.3) is 6.08 Å². The smallest absolute Gasteiger partial charge is 0.247 e. The van der Waals surface area contributed by atoms with E-state index in [0.717, 1.165) is 18.4 Å². The summed E-state index contributed by atoms with van der Waals surface area (Å²) in [4.78, 5) is 25.7. The summed E-state index contributed by atoms with van der Waals surface area (Å²) in [6.45, 7) is 1.26. The molecule has 0 bridgehead atoms. The molecule has 0 radical (unpaired) electrons. The molecule has 0 unspecified atom stereocenters. The van der Waals surface area contributed by atoms with Gasteiger partial charge in [0.15, 0.2) is 11.7 Å². The maximum Gasteiger partial charge on any atom is 0.247 e. The summed E-state index contributed by atoms with van der Waals surface area (Å²) in [7, 11) is 0. The third-order valence-corrected chi connectivity index (χ3v) is 3.64. The highest BCUT2D eigenvalue weighted by Gasteiger charge is 2.30. The van der Waals surface area contributed by atoms with Crippen LogP contribution in [0, 0.1) is 17.2 Å². The van der Waals surface area contributed by atoms with Crippen molar-refractivity contribution < 1.29 is 9.59 Å². The van der Waals surface area contributed by atoms with Crippen molar-refractivity contribution >= 4 is 29.4 Å². The molecule has 2 rings (SSSR count). The lowest BCUT2D eigenvalue weighted by Gasteiger charge is -2.16. The Bertz CT molecular complexity index is 596. The van der Waals surface area contributed by atoms with Gasteiger partial charge in [0.1, 0.15) is 0 Å². The van der Waals surface area contributed by atoms with Crippen molar-refractivity contribution in [3.05, 3.63) is 40.9 Å². The molecule has 108 valence electrons. The number of carbonyl (C=O) groups is 2. The van der Waals surface area contributed by atoms with Crippen LogP contribution in [0.2, 0.25) is 5.02 Å². The predicted molar refractivity (Wildman–Crippen MR) is 80.4 cm³/mol. The van der Waals surface area contributed by atoms with Crippen LogP contribution in [0.3, 0.4) is 0 Å². The first kappa shape index (κ1) is 15.3. The zero-order valence-corrected chi connectivity index (χ0v) is 12.2. The molecule has 1 fully saturated rings. The predicted octanol–water partition coefficient (Wildman–Crippen LogP) is 2.68. The van der Waals surface area contributed by atoms with E-state index in [-0.39, 0.29) is 5.91 Å². The van der Waals surface area contributed by atoms with Crippen LogP contribution >= 0.6 is 11.6 Å². The molecule has 1 saturated heterocycles. The van der Waals surface area contributed by atoms with Crippen LogP contribution in [0.15, 0.2) is 30.3 Å². The lowest BCUT2D eigenvalue weighted by molar-refractivity contribution is -0.136. The number of halogens is 1. The zero-order chi connectivity index (χ0) is 15.2. The van der Waals surface area contributed by atoms with Crippen LogP contribution in [0.1, 0.15) is 18.4 Å². The van der Waals surface area contributed by atoms with E-state index in [1.54, 1.807) is 35.2 Å². The monoisotopic (exact) mass is 302 g/mol. The molecule has 0 N–H and O–H groups in total. The van der Waals surface area contributed by atoms with Gasteiger partial charge in [-0.3, -0.25) is 9.59 Å². The van der Waals surface area contributed by atoms with Crippen molar-refractivity contribution in [2.24, 2.45) is 5.92 Å². The number of rotatable bonds is 4. The van der Waals surface area contributed by atoms with E-state index < -0.39 is 11.7 Å². The molecule has 0 saturated carbocycles. The highest BCUT2D eigenvalue weighted by molar-refractivity contribution is 6.30. The summed E-state index contributed by atoms with van der Waals surface area (Å²) >= 11 is 5.78. The molecular formula is C16H15ClN2O2. The molecule has 1 aliphatic heterocycles. The minimum absolute atomic E-state index is 0.388. The number of benzene rings is 1. The Hall–Kier alpha value is -2.12. The number of hydrogen-bond acceptors (Lipinski definition) is 3. The number of hydrogen-bond donors (Lipinski definition) is 0. The molecule has 1 aromatic carbocycles. The second-order valence-corrected chi connectivity index (χ2v) is 5.32. The van der Waals surface area contributed by atoms with Gasteiger partial charge in [-0.1, -0.05) is 29.8 Å². The number of carbonyl (C=O) groups excluding carboxylic acids is 2. The number of allylic oxidation sites excluding steroid dienone is 1. The standard InChI is InChI=1S/C16H15ClN2O2/c17-13-6-3-12(4-7-13)5-8-15(20)14(11-18)16(21)19-9-1-2-10-19/h3-8,14H,1-2,9-10H2/b8-5-/t14-/m0/s1. The molecular weight excluding hydrogens is 288 g/mol. The highest BCUT2D eigenvalue weighted by Crippen LogP contribution is 2.14. The van der Waals surface area contributed by atoms with Crippen LogP contribution in [0.4, 0.5) is 0 Å². The van der Waals surface area contributed by atoms with Gasteiger partial charge < -0.3 is 4.90 Å². The van der Waals surface area contributed by atoms with Gasteiger partial charge in [-0.15, -0.1) is 0 Å². The molecule has 21 heavy (non-hydrogen) atoms. The molecule has 1 amide bonds. The van der Waals surface area contributed by atoms with Crippen LogP contribution < -0.4 is 0 Å². The molecule has 1 aromatic rings. The van der Waals surface area contributed by atoms with E-state index in [1.165, 1.54) is 6.08 Å². The topological polar surface area (TPSA) is 61.2 Å². The molecule has 0 spiro atoms. The van der Waals surface area contributed by atoms with Crippen LogP contribution in [0.5, 0.6) is 0 Å². The lowest BCUT2D eigenvalue weighted by Crippen LogP contribution is -2.36. The average molecular weight is 303 g/mol. The van der Waals surface area contributed by atoms with Gasteiger partial charge in [0.05, 0.1) is 6.07 Å². The van der Waals surface area contributed by atoms with E-state index in [9.17, 15) is 9.59 Å². The van der Waals surface area contributed by atoms with Crippen molar-refractivity contribution in [3.8, 4) is 6.07 Å². The SMILES string of the molecule is N#C[C@@H](C(=O)/C=C\c1ccc(Cl)cc1)C(=O)N1CCCC1. The molecule has 4 nitrogen and oxygen atoms in total. The Morgan fingerprint density at radius 3 is 2.43 bits per heavy atom. The number of amides is 1. The molecule has 1 aliphatic rings. The Balaban J connectivity index is 2.04. The normalized spacial score (nSPS) is 15.9. The van der Waals surface area contributed by atoms with Gasteiger partial charge >= 0.3 is 0 Å². The van der Waals surface area contributed by atoms with Gasteiger partial charge in [-0.05, 0) is 36.6 Å². The molecule has 1 atom stereocenters. The van der Waals surface area contributed by atoms with Crippen molar-refractivity contribution in [2.45, 2.75) is 12.8 Å². The highest BCUT2D eigenvalue weighted by atomic mass is 35.5. The van der Waals surface area contributed by atoms with Crippen molar-refractivity contribution in [1.82, 2.24) is 4.90 Å². The average Bonchev–Trinajstić information content (AvgIpc) is 3.01. The van der Waals surface area contributed by atoms with Gasteiger partial charge in [0.25, 0.3) is 0 Å². The van der Waals surface area contributed by atoms with E-state index in [0.29, 0.717) is 18.1 Å². The fraction of sp³-hybridized carbons (Fsp3) is 0.312. The molecule has 0 aromatic heterocycles. The summed E-state index contributed by atoms with van der Waals surface area (Å²) in [5, 5.41) is 9.70. The first-order valence-corrected chi connectivity index (χ1v) is 7.15. The lowest BCUT2D eigenvalue weighted by atomic mass is 10.0. The number of nitriles is 1. The third kappa shape index (κ3) is 3.93. The quantitative estimate of drug-likeness (QED) is 0.634. The minimum Gasteiger partial charge on any atom is -0.341 e. The number of ketones is 1. The fourth-order valence-corrected chi connectivity index (χ4v) is 2.34. The van der Waals surface area contributed by atoms with Crippen LogP contribution in [-0.4, -0.2) is 29.7 Å². The molecule has 1 heterocycles. The summed E-state index contributed by atoms with van der Waals surface area (Å²) in [5.41, 5.74) is 0.790. The summed E-state index contributed by atoms with van der Waals surface area (Å²) in [5.74, 6) is -2.11. The van der Waals surface area contributed by atoms with Crippen LogP contribution in [-0.2, 0) is 9.59 Å². The second kappa shape index (κ2) is 7.05.